The van der Waals surface area contributed by atoms with Gasteiger partial charge in [-0.25, -0.2) is 14.4 Å². The second-order valence-electron chi connectivity index (χ2n) is 7.02. The molecule has 0 radical (unpaired) electrons. The van der Waals surface area contributed by atoms with Gasteiger partial charge in [-0.05, 0) is 24.6 Å². The molecular formula is C23H21FN4O2. The van der Waals surface area contributed by atoms with E-state index in [4.69, 9.17) is 4.42 Å². The van der Waals surface area contributed by atoms with Gasteiger partial charge >= 0.3 is 0 Å². The summed E-state index contributed by atoms with van der Waals surface area (Å²) in [7, 11) is 0. The van der Waals surface area contributed by atoms with Crippen LogP contribution in [0.1, 0.15) is 23.4 Å². The van der Waals surface area contributed by atoms with Gasteiger partial charge in [0.1, 0.15) is 5.82 Å². The van der Waals surface area contributed by atoms with E-state index in [2.05, 4.69) is 15.3 Å². The minimum Gasteiger partial charge on any atom is -0.441 e. The molecule has 1 amide bonds. The number of oxazole rings is 1. The van der Waals surface area contributed by atoms with E-state index < -0.39 is 0 Å². The number of carbonyl (C=O) groups excluding carboxylic acids is 1. The predicted molar refractivity (Wildman–Crippen MR) is 110 cm³/mol. The standard InChI is InChI=1S/C23H21FN4O2/c1-16-2-5-18(6-3-16)21-14-27-23(30-21)9-8-22(29)26-13-17-4-7-20(19(24)12-17)28-11-10-25-15-28/h2-7,10-12,14-15H,8-9,13H2,1H3,(H,26,29). The number of nitrogens with zero attached hydrogens (tertiary/aromatic N) is 3. The summed E-state index contributed by atoms with van der Waals surface area (Å²) in [4.78, 5) is 20.3. The zero-order chi connectivity index (χ0) is 20.9. The highest BCUT2D eigenvalue weighted by Gasteiger charge is 2.10. The molecule has 2 aromatic carbocycles. The van der Waals surface area contributed by atoms with Gasteiger partial charge in [0, 0.05) is 37.3 Å². The Hall–Kier alpha value is -3.74. The van der Waals surface area contributed by atoms with Crippen LogP contribution >= 0.6 is 0 Å². The van der Waals surface area contributed by atoms with E-state index >= 15 is 0 Å². The second kappa shape index (κ2) is 8.73. The van der Waals surface area contributed by atoms with Crippen LogP contribution in [0.5, 0.6) is 0 Å². The Morgan fingerprint density at radius 1 is 1.20 bits per heavy atom. The highest BCUT2D eigenvalue weighted by Crippen LogP contribution is 2.21. The lowest BCUT2D eigenvalue weighted by Crippen LogP contribution is -2.23. The maximum Gasteiger partial charge on any atom is 0.220 e. The van der Waals surface area contributed by atoms with Crippen LogP contribution in [0, 0.1) is 12.7 Å². The second-order valence-corrected chi connectivity index (χ2v) is 7.02. The van der Waals surface area contributed by atoms with Crippen LogP contribution in [0.4, 0.5) is 4.39 Å². The van der Waals surface area contributed by atoms with Gasteiger partial charge in [-0.15, -0.1) is 0 Å². The van der Waals surface area contributed by atoms with Crippen molar-refractivity contribution in [2.45, 2.75) is 26.3 Å². The fourth-order valence-electron chi connectivity index (χ4n) is 3.06. The maximum absolute atomic E-state index is 14.3. The number of rotatable bonds is 7. The van der Waals surface area contributed by atoms with Crippen molar-refractivity contribution in [3.8, 4) is 17.0 Å². The van der Waals surface area contributed by atoms with Gasteiger partial charge < -0.3 is 14.3 Å². The number of halogens is 1. The van der Waals surface area contributed by atoms with Crippen LogP contribution in [0.15, 0.2) is 71.8 Å². The molecule has 0 saturated carbocycles. The molecule has 4 rings (SSSR count). The smallest absolute Gasteiger partial charge is 0.220 e. The minimum absolute atomic E-state index is 0.149. The molecule has 0 atom stereocenters. The Morgan fingerprint density at radius 3 is 2.77 bits per heavy atom. The Labute approximate surface area is 173 Å². The topological polar surface area (TPSA) is 73.0 Å². The third-order valence-electron chi connectivity index (χ3n) is 4.74. The van der Waals surface area contributed by atoms with E-state index in [1.807, 2.05) is 31.2 Å². The lowest BCUT2D eigenvalue weighted by atomic mass is 10.1. The molecule has 2 heterocycles. The van der Waals surface area contributed by atoms with E-state index in [1.165, 1.54) is 18.0 Å². The van der Waals surface area contributed by atoms with Crippen LogP contribution in [-0.4, -0.2) is 20.4 Å². The SMILES string of the molecule is Cc1ccc(-c2cnc(CCC(=O)NCc3ccc(-n4ccnc4)c(F)c3)o2)cc1. The number of amides is 1. The molecule has 6 nitrogen and oxygen atoms in total. The average molecular weight is 404 g/mol. The van der Waals surface area contributed by atoms with Crippen LogP contribution in [0.2, 0.25) is 0 Å². The molecule has 1 N–H and O–H groups in total. The van der Waals surface area contributed by atoms with E-state index in [-0.39, 0.29) is 24.7 Å². The monoisotopic (exact) mass is 404 g/mol. The summed E-state index contributed by atoms with van der Waals surface area (Å²) in [5, 5.41) is 2.80. The molecule has 0 aliphatic rings. The van der Waals surface area contributed by atoms with Crippen LogP contribution < -0.4 is 5.32 Å². The maximum atomic E-state index is 14.3. The molecule has 30 heavy (non-hydrogen) atoms. The summed E-state index contributed by atoms with van der Waals surface area (Å²) >= 11 is 0. The number of imidazole rings is 1. The highest BCUT2D eigenvalue weighted by atomic mass is 19.1. The van der Waals surface area contributed by atoms with Crippen LogP contribution in [0.3, 0.4) is 0 Å². The zero-order valence-electron chi connectivity index (χ0n) is 16.5. The summed E-state index contributed by atoms with van der Waals surface area (Å²) in [6.07, 6.45) is 7.10. The molecule has 7 heteroatoms. The van der Waals surface area contributed by atoms with Crippen molar-refractivity contribution in [1.82, 2.24) is 19.9 Å². The molecule has 4 aromatic rings. The fourth-order valence-corrected chi connectivity index (χ4v) is 3.06. The summed E-state index contributed by atoms with van der Waals surface area (Å²) in [6, 6.07) is 12.8. The Bertz CT molecular complexity index is 1130. The number of hydrogen-bond donors (Lipinski definition) is 1. The summed E-state index contributed by atoms with van der Waals surface area (Å²) in [5.74, 6) is 0.669. The van der Waals surface area contributed by atoms with Crippen molar-refractivity contribution >= 4 is 5.91 Å². The number of carbonyl (C=O) groups is 1. The molecular weight excluding hydrogens is 383 g/mol. The van der Waals surface area contributed by atoms with Crippen molar-refractivity contribution in [3.05, 3.63) is 90.2 Å². The average Bonchev–Trinajstić information content (AvgIpc) is 3.44. The lowest BCUT2D eigenvalue weighted by molar-refractivity contribution is -0.121. The van der Waals surface area contributed by atoms with Crippen molar-refractivity contribution < 1.29 is 13.6 Å². The van der Waals surface area contributed by atoms with Crippen LogP contribution in [-0.2, 0) is 17.8 Å². The van der Waals surface area contributed by atoms with Crippen molar-refractivity contribution in [2.24, 2.45) is 0 Å². The van der Waals surface area contributed by atoms with E-state index in [0.29, 0.717) is 29.3 Å². The van der Waals surface area contributed by atoms with E-state index in [1.54, 1.807) is 35.3 Å². The van der Waals surface area contributed by atoms with Gasteiger partial charge in [0.2, 0.25) is 5.91 Å². The molecule has 0 saturated heterocycles. The third kappa shape index (κ3) is 4.63. The molecule has 152 valence electrons. The first-order valence-electron chi connectivity index (χ1n) is 9.64. The van der Waals surface area contributed by atoms with Gasteiger partial charge in [-0.1, -0.05) is 35.9 Å². The predicted octanol–water partition coefficient (Wildman–Crippen LogP) is 4.22. The Kier molecular flexibility index (Phi) is 5.70. The molecule has 2 aromatic heterocycles. The zero-order valence-corrected chi connectivity index (χ0v) is 16.5. The summed E-state index contributed by atoms with van der Waals surface area (Å²) < 4.78 is 21.6. The van der Waals surface area contributed by atoms with E-state index in [9.17, 15) is 9.18 Å². The molecule has 0 aliphatic heterocycles. The number of aromatic nitrogens is 3. The van der Waals surface area contributed by atoms with Crippen molar-refractivity contribution in [1.29, 1.82) is 0 Å². The van der Waals surface area contributed by atoms with Gasteiger partial charge in [0.05, 0.1) is 18.2 Å². The first kappa shape index (κ1) is 19.6. The van der Waals surface area contributed by atoms with Gasteiger partial charge in [0.25, 0.3) is 0 Å². The first-order valence-corrected chi connectivity index (χ1v) is 9.64. The Morgan fingerprint density at radius 2 is 2.03 bits per heavy atom. The van der Waals surface area contributed by atoms with Gasteiger partial charge in [-0.2, -0.15) is 0 Å². The molecule has 0 bridgehead atoms. The molecule has 0 aliphatic carbocycles. The number of hydrogen-bond acceptors (Lipinski definition) is 4. The summed E-state index contributed by atoms with van der Waals surface area (Å²) in [6.45, 7) is 2.27. The quantitative estimate of drug-likeness (QED) is 0.500. The molecule has 0 unspecified atom stereocenters. The van der Waals surface area contributed by atoms with E-state index in [0.717, 1.165) is 5.56 Å². The Balaban J connectivity index is 1.28. The number of nitrogens with one attached hydrogen (secondary N) is 1. The number of aryl methyl sites for hydroxylation is 2. The van der Waals surface area contributed by atoms with Crippen molar-refractivity contribution in [3.63, 3.8) is 0 Å². The third-order valence-corrected chi connectivity index (χ3v) is 4.74. The lowest BCUT2D eigenvalue weighted by Gasteiger charge is -2.08. The minimum atomic E-state index is -0.372. The fraction of sp³-hybridized carbons (Fsp3) is 0.174. The molecule has 0 fully saturated rings. The van der Waals surface area contributed by atoms with Crippen LogP contribution in [0.25, 0.3) is 17.0 Å². The van der Waals surface area contributed by atoms with Gasteiger partial charge in [-0.3, -0.25) is 4.79 Å². The first-order chi connectivity index (χ1) is 14.6. The van der Waals surface area contributed by atoms with Crippen molar-refractivity contribution in [2.75, 3.05) is 0 Å². The highest BCUT2D eigenvalue weighted by molar-refractivity contribution is 5.76. The molecule has 0 spiro atoms. The summed E-state index contributed by atoms with van der Waals surface area (Å²) in [5.41, 5.74) is 3.22. The number of benzene rings is 2. The van der Waals surface area contributed by atoms with Gasteiger partial charge in [0.15, 0.2) is 11.7 Å². The largest absolute Gasteiger partial charge is 0.441 e. The normalized spacial score (nSPS) is 10.9.